The van der Waals surface area contributed by atoms with E-state index in [1.165, 1.54) is 0 Å². The van der Waals surface area contributed by atoms with Crippen LogP contribution in [0.25, 0.3) is 0 Å². The van der Waals surface area contributed by atoms with Gasteiger partial charge in [-0.1, -0.05) is 12.8 Å². The van der Waals surface area contributed by atoms with Crippen LogP contribution in [0.15, 0.2) is 18.3 Å². The molecular formula is C18H28N4O3S. The van der Waals surface area contributed by atoms with Gasteiger partial charge in [-0.3, -0.25) is 4.79 Å². The normalized spacial score (nSPS) is 21.8. The highest BCUT2D eigenvalue weighted by atomic mass is 32.2. The van der Waals surface area contributed by atoms with E-state index in [0.717, 1.165) is 25.7 Å². The molecule has 1 aromatic rings. The van der Waals surface area contributed by atoms with Crippen LogP contribution in [0.3, 0.4) is 0 Å². The molecular weight excluding hydrogens is 352 g/mol. The molecule has 7 nitrogen and oxygen atoms in total. The summed E-state index contributed by atoms with van der Waals surface area (Å²) in [5, 5.41) is -0.541. The molecule has 1 aromatic heterocycles. The number of pyridine rings is 1. The Morgan fingerprint density at radius 1 is 1.23 bits per heavy atom. The third-order valence-electron chi connectivity index (χ3n) is 5.23. The van der Waals surface area contributed by atoms with Crippen LogP contribution in [-0.2, 0) is 10.0 Å². The number of sulfonamides is 1. The second-order valence-corrected chi connectivity index (χ2v) is 9.42. The van der Waals surface area contributed by atoms with Crippen LogP contribution >= 0.6 is 0 Å². The lowest BCUT2D eigenvalue weighted by Gasteiger charge is -2.33. The van der Waals surface area contributed by atoms with Gasteiger partial charge in [0.1, 0.15) is 5.82 Å². The summed E-state index contributed by atoms with van der Waals surface area (Å²) < 4.78 is 28.4. The number of rotatable bonds is 5. The predicted octanol–water partition coefficient (Wildman–Crippen LogP) is 1.61. The molecule has 1 amide bonds. The molecule has 1 N–H and O–H groups in total. The van der Waals surface area contributed by atoms with Crippen LogP contribution < -0.4 is 9.62 Å². The highest BCUT2D eigenvalue weighted by Crippen LogP contribution is 2.24. The Hall–Kier alpha value is -1.67. The largest absolute Gasteiger partial charge is 0.362 e. The smallest absolute Gasteiger partial charge is 0.257 e. The van der Waals surface area contributed by atoms with E-state index in [1.807, 2.05) is 14.1 Å². The van der Waals surface area contributed by atoms with Crippen molar-refractivity contribution in [3.63, 3.8) is 0 Å². The predicted molar refractivity (Wildman–Crippen MR) is 102 cm³/mol. The number of carbonyl (C=O) groups is 1. The van der Waals surface area contributed by atoms with Crippen molar-refractivity contribution in [2.75, 3.05) is 32.1 Å². The van der Waals surface area contributed by atoms with Crippen molar-refractivity contribution in [2.24, 2.45) is 0 Å². The molecule has 1 saturated carbocycles. The average Bonchev–Trinajstić information content (AvgIpc) is 3.13. The number of piperidine rings is 1. The standard InChI is InChI=1S/C18H28N4O3S/c1-21(2)17-16(10-5-11-19-17)18(23)22-12-6-9-15(13-22)26(24,25)20-14-7-3-4-8-14/h5,10-11,14-15,20H,3-4,6-9,12-13H2,1-2H3/t15-/m0/s1. The first-order valence-corrected chi connectivity index (χ1v) is 10.9. The highest BCUT2D eigenvalue weighted by molar-refractivity contribution is 7.90. The molecule has 1 aliphatic carbocycles. The van der Waals surface area contributed by atoms with Gasteiger partial charge in [0.15, 0.2) is 0 Å². The molecule has 1 aliphatic heterocycles. The number of carbonyl (C=O) groups excluding carboxylic acids is 1. The van der Waals surface area contributed by atoms with E-state index in [0.29, 0.717) is 30.8 Å². The molecule has 1 atom stereocenters. The van der Waals surface area contributed by atoms with Gasteiger partial charge in [0, 0.05) is 39.4 Å². The van der Waals surface area contributed by atoms with Gasteiger partial charge in [-0.15, -0.1) is 0 Å². The summed E-state index contributed by atoms with van der Waals surface area (Å²) in [6.07, 6.45) is 6.93. The van der Waals surface area contributed by atoms with Crippen molar-refractivity contribution in [1.82, 2.24) is 14.6 Å². The maximum atomic E-state index is 13.0. The minimum atomic E-state index is -3.41. The summed E-state index contributed by atoms with van der Waals surface area (Å²) in [4.78, 5) is 20.7. The average molecular weight is 381 g/mol. The number of likely N-dealkylation sites (tertiary alicyclic amines) is 1. The molecule has 0 radical (unpaired) electrons. The van der Waals surface area contributed by atoms with Crippen molar-refractivity contribution < 1.29 is 13.2 Å². The first-order chi connectivity index (χ1) is 12.4. The van der Waals surface area contributed by atoms with E-state index in [4.69, 9.17) is 0 Å². The summed E-state index contributed by atoms with van der Waals surface area (Å²) in [6.45, 7) is 0.818. The van der Waals surface area contributed by atoms with Crippen molar-refractivity contribution in [1.29, 1.82) is 0 Å². The summed E-state index contributed by atoms with van der Waals surface area (Å²) in [5.41, 5.74) is 0.513. The van der Waals surface area contributed by atoms with E-state index in [-0.39, 0.29) is 18.5 Å². The fourth-order valence-electron chi connectivity index (χ4n) is 3.84. The molecule has 0 bridgehead atoms. The highest BCUT2D eigenvalue weighted by Gasteiger charge is 2.35. The molecule has 26 heavy (non-hydrogen) atoms. The first kappa shape index (κ1) is 19.1. The molecule has 0 unspecified atom stereocenters. The third kappa shape index (κ3) is 4.17. The Kier molecular flexibility index (Phi) is 5.82. The van der Waals surface area contributed by atoms with Gasteiger partial charge >= 0.3 is 0 Å². The Labute approximate surface area is 155 Å². The van der Waals surface area contributed by atoms with Crippen molar-refractivity contribution >= 4 is 21.7 Å². The molecule has 2 fully saturated rings. The number of anilines is 1. The Bertz CT molecular complexity index is 745. The van der Waals surface area contributed by atoms with Crippen LogP contribution in [0.5, 0.6) is 0 Å². The van der Waals surface area contributed by atoms with Gasteiger partial charge in [-0.05, 0) is 37.8 Å². The van der Waals surface area contributed by atoms with Gasteiger partial charge in [0.2, 0.25) is 10.0 Å². The van der Waals surface area contributed by atoms with Gasteiger partial charge in [-0.25, -0.2) is 18.1 Å². The first-order valence-electron chi connectivity index (χ1n) is 9.31. The summed E-state index contributed by atoms with van der Waals surface area (Å²) in [7, 11) is 0.271. The Morgan fingerprint density at radius 3 is 2.65 bits per heavy atom. The van der Waals surface area contributed by atoms with E-state index in [9.17, 15) is 13.2 Å². The minimum absolute atomic E-state index is 0.0599. The quantitative estimate of drug-likeness (QED) is 0.839. The van der Waals surface area contributed by atoms with Crippen molar-refractivity contribution in [3.05, 3.63) is 23.9 Å². The van der Waals surface area contributed by atoms with E-state index < -0.39 is 15.3 Å². The maximum absolute atomic E-state index is 13.0. The number of aromatic nitrogens is 1. The number of amides is 1. The molecule has 0 aromatic carbocycles. The number of nitrogens with zero attached hydrogens (tertiary/aromatic N) is 3. The van der Waals surface area contributed by atoms with Gasteiger partial charge in [-0.2, -0.15) is 0 Å². The molecule has 2 heterocycles. The van der Waals surface area contributed by atoms with Gasteiger partial charge in [0.25, 0.3) is 5.91 Å². The van der Waals surface area contributed by atoms with Crippen LogP contribution in [0.4, 0.5) is 5.82 Å². The number of hydrogen-bond acceptors (Lipinski definition) is 5. The molecule has 8 heteroatoms. The minimum Gasteiger partial charge on any atom is -0.362 e. The zero-order valence-electron chi connectivity index (χ0n) is 15.5. The topological polar surface area (TPSA) is 82.6 Å². The monoisotopic (exact) mass is 380 g/mol. The fourth-order valence-corrected chi connectivity index (χ4v) is 5.58. The molecule has 3 rings (SSSR count). The Balaban J connectivity index is 1.73. The molecule has 0 spiro atoms. The summed E-state index contributed by atoms with van der Waals surface area (Å²) >= 11 is 0. The summed E-state index contributed by atoms with van der Waals surface area (Å²) in [5.74, 6) is 0.453. The summed E-state index contributed by atoms with van der Waals surface area (Å²) in [6, 6.07) is 3.55. The zero-order chi connectivity index (χ0) is 18.7. The van der Waals surface area contributed by atoms with Gasteiger partial charge < -0.3 is 9.80 Å². The molecule has 2 aliphatic rings. The van der Waals surface area contributed by atoms with Crippen molar-refractivity contribution in [2.45, 2.75) is 49.8 Å². The second kappa shape index (κ2) is 7.92. The Morgan fingerprint density at radius 2 is 1.96 bits per heavy atom. The number of hydrogen-bond donors (Lipinski definition) is 1. The maximum Gasteiger partial charge on any atom is 0.257 e. The zero-order valence-corrected chi connectivity index (χ0v) is 16.3. The van der Waals surface area contributed by atoms with Crippen LogP contribution in [0.2, 0.25) is 0 Å². The molecule has 1 saturated heterocycles. The van der Waals surface area contributed by atoms with Crippen molar-refractivity contribution in [3.8, 4) is 0 Å². The van der Waals surface area contributed by atoms with E-state index in [2.05, 4.69) is 9.71 Å². The number of nitrogens with one attached hydrogen (secondary N) is 1. The van der Waals surface area contributed by atoms with E-state index >= 15 is 0 Å². The van der Waals surface area contributed by atoms with Crippen LogP contribution in [0, 0.1) is 0 Å². The van der Waals surface area contributed by atoms with E-state index in [1.54, 1.807) is 28.1 Å². The SMILES string of the molecule is CN(C)c1ncccc1C(=O)N1CCC[C@H](S(=O)(=O)NC2CCCC2)C1. The molecule has 144 valence electrons. The third-order valence-corrected chi connectivity index (χ3v) is 7.16. The lowest BCUT2D eigenvalue weighted by molar-refractivity contribution is 0.0727. The lowest BCUT2D eigenvalue weighted by atomic mass is 10.1. The van der Waals surface area contributed by atoms with Crippen LogP contribution in [-0.4, -0.2) is 62.7 Å². The van der Waals surface area contributed by atoms with Crippen LogP contribution in [0.1, 0.15) is 48.9 Å². The lowest BCUT2D eigenvalue weighted by Crippen LogP contribution is -2.50. The second-order valence-electron chi connectivity index (χ2n) is 7.43. The fraction of sp³-hybridized carbons (Fsp3) is 0.667. The van der Waals surface area contributed by atoms with Gasteiger partial charge in [0.05, 0.1) is 10.8 Å².